The van der Waals surface area contributed by atoms with Crippen LogP contribution in [0.25, 0.3) is 0 Å². The standard InChI is InChI=1S/C53H102O5/c1-4-7-10-13-16-19-21-23-25-26-27-28-29-30-32-35-37-40-43-46-52(54)57-50-51(58-53(55)47-44-41-38-34-18-15-12-9-6-3)49-56-48-45-42-39-36-33-31-24-22-20-17-14-11-8-5-2/h20,22,51H,4-19,21,23-50H2,1-3H3/b22-20-. The van der Waals surface area contributed by atoms with Crippen LogP contribution < -0.4 is 0 Å². The quantitative estimate of drug-likeness (QED) is 0.0348. The Hall–Kier alpha value is -1.36. The number of esters is 2. The van der Waals surface area contributed by atoms with E-state index in [9.17, 15) is 9.59 Å². The Kier molecular flexibility index (Phi) is 48.8. The summed E-state index contributed by atoms with van der Waals surface area (Å²) in [6.07, 6.45) is 56.5. The number of hydrogen-bond acceptors (Lipinski definition) is 5. The van der Waals surface area contributed by atoms with Crippen molar-refractivity contribution in [2.24, 2.45) is 0 Å². The highest BCUT2D eigenvalue weighted by Crippen LogP contribution is 2.16. The van der Waals surface area contributed by atoms with E-state index in [0.29, 0.717) is 26.1 Å². The molecule has 0 radical (unpaired) electrons. The average molecular weight is 819 g/mol. The van der Waals surface area contributed by atoms with E-state index in [4.69, 9.17) is 14.2 Å². The molecule has 5 nitrogen and oxygen atoms in total. The van der Waals surface area contributed by atoms with E-state index in [2.05, 4.69) is 32.9 Å². The zero-order valence-corrected chi connectivity index (χ0v) is 39.6. The monoisotopic (exact) mass is 819 g/mol. The molecule has 0 aromatic heterocycles. The fraction of sp³-hybridized carbons (Fsp3) is 0.925. The Bertz CT molecular complexity index is 840. The Labute approximate surface area is 363 Å². The first-order valence-corrected chi connectivity index (χ1v) is 26.2. The highest BCUT2D eigenvalue weighted by molar-refractivity contribution is 5.70. The summed E-state index contributed by atoms with van der Waals surface area (Å²) in [5, 5.41) is 0. The van der Waals surface area contributed by atoms with Crippen LogP contribution >= 0.6 is 0 Å². The van der Waals surface area contributed by atoms with Crippen molar-refractivity contribution in [3.8, 4) is 0 Å². The van der Waals surface area contributed by atoms with Gasteiger partial charge in [0, 0.05) is 19.4 Å². The van der Waals surface area contributed by atoms with Crippen molar-refractivity contribution in [1.82, 2.24) is 0 Å². The number of carbonyl (C=O) groups excluding carboxylic acids is 2. The van der Waals surface area contributed by atoms with Crippen molar-refractivity contribution in [3.05, 3.63) is 12.2 Å². The number of allylic oxidation sites excluding steroid dienone is 2. The van der Waals surface area contributed by atoms with E-state index >= 15 is 0 Å². The first kappa shape index (κ1) is 56.6. The smallest absolute Gasteiger partial charge is 0.306 e. The fourth-order valence-electron chi connectivity index (χ4n) is 7.86. The van der Waals surface area contributed by atoms with Crippen molar-refractivity contribution >= 4 is 11.9 Å². The first-order valence-electron chi connectivity index (χ1n) is 26.2. The topological polar surface area (TPSA) is 61.8 Å². The SMILES string of the molecule is CCCCCC/C=C\CCCCCCCCOCC(COC(=O)CCCCCCCCCCCCCCCCCCCCC)OC(=O)CCCCCCCCCCC. The van der Waals surface area contributed by atoms with Crippen LogP contribution in [0.3, 0.4) is 0 Å². The van der Waals surface area contributed by atoms with Crippen molar-refractivity contribution in [3.63, 3.8) is 0 Å². The lowest BCUT2D eigenvalue weighted by atomic mass is 10.0. The van der Waals surface area contributed by atoms with Gasteiger partial charge < -0.3 is 14.2 Å². The van der Waals surface area contributed by atoms with Gasteiger partial charge in [-0.1, -0.05) is 245 Å². The molecule has 0 N–H and O–H groups in total. The predicted molar refractivity (Wildman–Crippen MR) is 252 cm³/mol. The maximum atomic E-state index is 12.7. The van der Waals surface area contributed by atoms with Gasteiger partial charge in [0.15, 0.2) is 6.10 Å². The van der Waals surface area contributed by atoms with E-state index in [-0.39, 0.29) is 18.5 Å². The van der Waals surface area contributed by atoms with Gasteiger partial charge in [0.05, 0.1) is 6.61 Å². The zero-order valence-electron chi connectivity index (χ0n) is 39.6. The third-order valence-corrected chi connectivity index (χ3v) is 11.8. The van der Waals surface area contributed by atoms with Gasteiger partial charge in [0.25, 0.3) is 0 Å². The van der Waals surface area contributed by atoms with Crippen LogP contribution in [-0.4, -0.2) is 37.9 Å². The maximum absolute atomic E-state index is 12.7. The lowest BCUT2D eigenvalue weighted by Gasteiger charge is -2.18. The van der Waals surface area contributed by atoms with Crippen molar-refractivity contribution in [1.29, 1.82) is 0 Å². The molecule has 0 fully saturated rings. The Morgan fingerprint density at radius 3 is 1.07 bits per heavy atom. The molecule has 0 spiro atoms. The number of rotatable bonds is 49. The summed E-state index contributed by atoms with van der Waals surface area (Å²) in [5.74, 6) is -0.382. The van der Waals surface area contributed by atoms with Gasteiger partial charge in [0.1, 0.15) is 6.61 Å². The van der Waals surface area contributed by atoms with Crippen molar-refractivity contribution in [2.45, 2.75) is 297 Å². The molecule has 0 bridgehead atoms. The van der Waals surface area contributed by atoms with Gasteiger partial charge in [-0.05, 0) is 44.9 Å². The largest absolute Gasteiger partial charge is 0.462 e. The first-order chi connectivity index (χ1) is 28.6. The molecule has 58 heavy (non-hydrogen) atoms. The van der Waals surface area contributed by atoms with E-state index in [1.54, 1.807) is 0 Å². The predicted octanol–water partition coefficient (Wildman–Crippen LogP) is 17.5. The normalized spacial score (nSPS) is 12.1. The van der Waals surface area contributed by atoms with Gasteiger partial charge in [-0.15, -0.1) is 0 Å². The average Bonchev–Trinajstić information content (AvgIpc) is 3.22. The number of unbranched alkanes of at least 4 members (excludes halogenated alkanes) is 36. The van der Waals surface area contributed by atoms with Gasteiger partial charge in [-0.3, -0.25) is 9.59 Å². The molecule has 0 aliphatic heterocycles. The number of carbonyl (C=O) groups is 2. The number of ether oxygens (including phenoxy) is 3. The molecule has 0 aliphatic carbocycles. The summed E-state index contributed by atoms with van der Waals surface area (Å²) < 4.78 is 17.4. The van der Waals surface area contributed by atoms with E-state index in [0.717, 1.165) is 38.5 Å². The highest BCUT2D eigenvalue weighted by atomic mass is 16.6. The number of hydrogen-bond donors (Lipinski definition) is 0. The molecule has 0 saturated carbocycles. The van der Waals surface area contributed by atoms with Gasteiger partial charge in [0.2, 0.25) is 0 Å². The lowest BCUT2D eigenvalue weighted by molar-refractivity contribution is -0.163. The van der Waals surface area contributed by atoms with Crippen LogP contribution in [0.15, 0.2) is 12.2 Å². The molecular formula is C53H102O5. The Balaban J connectivity index is 4.10. The summed E-state index contributed by atoms with van der Waals surface area (Å²) in [7, 11) is 0. The van der Waals surface area contributed by atoms with Crippen LogP contribution in [-0.2, 0) is 23.8 Å². The van der Waals surface area contributed by atoms with Gasteiger partial charge in [-0.2, -0.15) is 0 Å². The third-order valence-electron chi connectivity index (χ3n) is 11.8. The summed E-state index contributed by atoms with van der Waals surface area (Å²) in [6, 6.07) is 0. The van der Waals surface area contributed by atoms with Gasteiger partial charge in [-0.25, -0.2) is 0 Å². The second-order valence-electron chi connectivity index (χ2n) is 17.8. The molecule has 344 valence electrons. The second-order valence-corrected chi connectivity index (χ2v) is 17.8. The van der Waals surface area contributed by atoms with Crippen LogP contribution in [0.2, 0.25) is 0 Å². The fourth-order valence-corrected chi connectivity index (χ4v) is 7.86. The third kappa shape index (κ3) is 47.3. The summed E-state index contributed by atoms with van der Waals surface area (Å²) in [4.78, 5) is 25.3. The Morgan fingerprint density at radius 2 is 0.672 bits per heavy atom. The minimum atomic E-state index is -0.528. The van der Waals surface area contributed by atoms with E-state index < -0.39 is 6.10 Å². The second kappa shape index (κ2) is 50.0. The van der Waals surface area contributed by atoms with Crippen molar-refractivity contribution < 1.29 is 23.8 Å². The molecule has 0 aromatic carbocycles. The lowest BCUT2D eigenvalue weighted by Crippen LogP contribution is -2.30. The zero-order chi connectivity index (χ0) is 42.1. The summed E-state index contributed by atoms with van der Waals surface area (Å²) in [6.45, 7) is 7.85. The molecule has 0 amide bonds. The molecule has 1 atom stereocenters. The minimum absolute atomic E-state index is 0.0919. The molecule has 0 heterocycles. The molecular weight excluding hydrogens is 717 g/mol. The summed E-state index contributed by atoms with van der Waals surface area (Å²) >= 11 is 0. The van der Waals surface area contributed by atoms with Crippen molar-refractivity contribution in [2.75, 3.05) is 19.8 Å². The summed E-state index contributed by atoms with van der Waals surface area (Å²) in [5.41, 5.74) is 0. The molecule has 0 saturated heterocycles. The van der Waals surface area contributed by atoms with E-state index in [1.807, 2.05) is 0 Å². The molecule has 1 unspecified atom stereocenters. The van der Waals surface area contributed by atoms with Crippen LogP contribution in [0.4, 0.5) is 0 Å². The van der Waals surface area contributed by atoms with Crippen LogP contribution in [0.5, 0.6) is 0 Å². The highest BCUT2D eigenvalue weighted by Gasteiger charge is 2.17. The van der Waals surface area contributed by atoms with Crippen LogP contribution in [0.1, 0.15) is 290 Å². The Morgan fingerprint density at radius 1 is 0.362 bits per heavy atom. The van der Waals surface area contributed by atoms with Crippen LogP contribution in [0, 0.1) is 0 Å². The molecule has 0 aromatic rings. The maximum Gasteiger partial charge on any atom is 0.306 e. The minimum Gasteiger partial charge on any atom is -0.462 e. The molecule has 5 heteroatoms. The van der Waals surface area contributed by atoms with Gasteiger partial charge >= 0.3 is 11.9 Å². The molecule has 0 aliphatic rings. The molecule has 0 rings (SSSR count). The van der Waals surface area contributed by atoms with E-state index in [1.165, 1.54) is 218 Å².